The van der Waals surface area contributed by atoms with Crippen LogP contribution in [-0.4, -0.2) is 22.2 Å². The van der Waals surface area contributed by atoms with Gasteiger partial charge in [0, 0.05) is 22.1 Å². The van der Waals surface area contributed by atoms with Crippen molar-refractivity contribution in [2.75, 3.05) is 5.32 Å². The Morgan fingerprint density at radius 2 is 2.25 bits per heavy atom. The summed E-state index contributed by atoms with van der Waals surface area (Å²) in [5.74, 6) is 0.910. The molecular formula is C12H17BrN2O. The Morgan fingerprint density at radius 3 is 2.75 bits per heavy atom. The molecule has 2 atom stereocenters. The Hall–Kier alpha value is -0.610. The van der Waals surface area contributed by atoms with E-state index in [9.17, 15) is 5.11 Å². The molecule has 1 fully saturated rings. The van der Waals surface area contributed by atoms with E-state index in [4.69, 9.17) is 0 Å². The Morgan fingerprint density at radius 1 is 1.56 bits per heavy atom. The van der Waals surface area contributed by atoms with Crippen molar-refractivity contribution in [2.24, 2.45) is 5.41 Å². The van der Waals surface area contributed by atoms with Crippen molar-refractivity contribution in [3.8, 4) is 0 Å². The van der Waals surface area contributed by atoms with E-state index in [-0.39, 0.29) is 11.5 Å². The van der Waals surface area contributed by atoms with Crippen LogP contribution in [0.1, 0.15) is 25.8 Å². The van der Waals surface area contributed by atoms with Crippen LogP contribution >= 0.6 is 15.9 Å². The monoisotopic (exact) mass is 284 g/mol. The van der Waals surface area contributed by atoms with Gasteiger partial charge in [-0.1, -0.05) is 13.8 Å². The van der Waals surface area contributed by atoms with Crippen LogP contribution in [0.25, 0.3) is 0 Å². The Balaban J connectivity index is 2.11. The van der Waals surface area contributed by atoms with Crippen LogP contribution in [0.3, 0.4) is 0 Å². The van der Waals surface area contributed by atoms with Gasteiger partial charge in [-0.3, -0.25) is 0 Å². The molecule has 0 bridgehead atoms. The minimum Gasteiger partial charge on any atom is -0.392 e. The Kier molecular flexibility index (Phi) is 2.97. The molecule has 0 saturated heterocycles. The molecule has 1 saturated carbocycles. The summed E-state index contributed by atoms with van der Waals surface area (Å²) < 4.78 is 0.989. The number of hydrogen-bond donors (Lipinski definition) is 2. The number of anilines is 1. The lowest BCUT2D eigenvalue weighted by Crippen LogP contribution is -2.57. The highest BCUT2D eigenvalue weighted by atomic mass is 79.9. The number of aliphatic hydroxyl groups excluding tert-OH is 1. The number of pyridine rings is 1. The second-order valence-electron chi connectivity index (χ2n) is 5.09. The predicted octanol–water partition coefficient (Wildman–Crippen LogP) is 2.72. The van der Waals surface area contributed by atoms with Crippen LogP contribution in [0, 0.1) is 12.3 Å². The zero-order chi connectivity index (χ0) is 11.9. The van der Waals surface area contributed by atoms with Gasteiger partial charge in [-0.25, -0.2) is 4.98 Å². The Bertz CT molecular complexity index is 406. The molecule has 1 aromatic rings. The molecule has 0 spiro atoms. The number of nitrogens with one attached hydrogen (secondary N) is 1. The zero-order valence-electron chi connectivity index (χ0n) is 9.79. The van der Waals surface area contributed by atoms with Crippen molar-refractivity contribution in [3.63, 3.8) is 0 Å². The fraction of sp³-hybridized carbons (Fsp3) is 0.583. The molecule has 4 heteroatoms. The third kappa shape index (κ3) is 1.96. The maximum absolute atomic E-state index is 9.67. The summed E-state index contributed by atoms with van der Waals surface area (Å²) in [5.41, 5.74) is 1.05. The number of hydrogen-bond acceptors (Lipinski definition) is 3. The normalized spacial score (nSPS) is 27.3. The van der Waals surface area contributed by atoms with Crippen molar-refractivity contribution < 1.29 is 5.11 Å². The summed E-state index contributed by atoms with van der Waals surface area (Å²) in [6, 6.07) is 2.34. The first-order valence-corrected chi connectivity index (χ1v) is 6.27. The largest absolute Gasteiger partial charge is 0.392 e. The van der Waals surface area contributed by atoms with Crippen LogP contribution in [-0.2, 0) is 0 Å². The third-order valence-corrected chi connectivity index (χ3v) is 4.01. The van der Waals surface area contributed by atoms with E-state index in [0.717, 1.165) is 22.3 Å². The predicted molar refractivity (Wildman–Crippen MR) is 68.5 cm³/mol. The summed E-state index contributed by atoms with van der Waals surface area (Å²) >= 11 is 3.40. The van der Waals surface area contributed by atoms with Crippen molar-refractivity contribution in [3.05, 3.63) is 22.3 Å². The quantitative estimate of drug-likeness (QED) is 0.878. The maximum Gasteiger partial charge on any atom is 0.129 e. The average molecular weight is 285 g/mol. The van der Waals surface area contributed by atoms with Crippen molar-refractivity contribution in [2.45, 2.75) is 39.3 Å². The fourth-order valence-electron chi connectivity index (χ4n) is 2.00. The second-order valence-corrected chi connectivity index (χ2v) is 6.00. The van der Waals surface area contributed by atoms with Crippen molar-refractivity contribution in [1.82, 2.24) is 4.98 Å². The lowest BCUT2D eigenvalue weighted by molar-refractivity contribution is -0.0511. The SMILES string of the molecule is Cc1cc(Br)cnc1NC1CC(O)C1(C)C. The molecule has 2 rings (SSSR count). The molecule has 1 aliphatic rings. The van der Waals surface area contributed by atoms with Gasteiger partial charge in [0.2, 0.25) is 0 Å². The van der Waals surface area contributed by atoms with E-state index in [0.29, 0.717) is 6.04 Å². The summed E-state index contributed by atoms with van der Waals surface area (Å²) in [5, 5.41) is 13.1. The van der Waals surface area contributed by atoms with Gasteiger partial charge in [-0.2, -0.15) is 0 Å². The molecule has 1 aromatic heterocycles. The molecule has 2 unspecified atom stereocenters. The Labute approximate surface area is 104 Å². The minimum atomic E-state index is -0.208. The van der Waals surface area contributed by atoms with Crippen LogP contribution in [0.15, 0.2) is 16.7 Å². The van der Waals surface area contributed by atoms with Crippen molar-refractivity contribution in [1.29, 1.82) is 0 Å². The molecule has 1 aliphatic carbocycles. The van der Waals surface area contributed by atoms with Gasteiger partial charge < -0.3 is 10.4 Å². The highest BCUT2D eigenvalue weighted by Crippen LogP contribution is 2.42. The van der Waals surface area contributed by atoms with Gasteiger partial charge in [0.25, 0.3) is 0 Å². The van der Waals surface area contributed by atoms with Gasteiger partial charge >= 0.3 is 0 Å². The number of halogens is 1. The van der Waals surface area contributed by atoms with E-state index in [1.807, 2.05) is 13.0 Å². The first kappa shape index (κ1) is 11.9. The molecule has 88 valence electrons. The van der Waals surface area contributed by atoms with E-state index in [1.54, 1.807) is 6.20 Å². The minimum absolute atomic E-state index is 0.0683. The van der Waals surface area contributed by atoms with Crippen LogP contribution in [0.4, 0.5) is 5.82 Å². The first-order valence-electron chi connectivity index (χ1n) is 5.48. The molecule has 16 heavy (non-hydrogen) atoms. The van der Waals surface area contributed by atoms with Gasteiger partial charge in [0.1, 0.15) is 5.82 Å². The standard InChI is InChI=1S/C12H17BrN2O/c1-7-4-8(13)6-14-11(7)15-9-5-10(16)12(9,2)3/h4,6,9-10,16H,5H2,1-3H3,(H,14,15). The highest BCUT2D eigenvalue weighted by Gasteiger charge is 2.47. The maximum atomic E-state index is 9.67. The number of aryl methyl sites for hydroxylation is 1. The van der Waals surface area contributed by atoms with Crippen LogP contribution in [0.5, 0.6) is 0 Å². The molecule has 0 aromatic carbocycles. The molecule has 1 heterocycles. The van der Waals surface area contributed by atoms with Gasteiger partial charge in [-0.15, -0.1) is 0 Å². The summed E-state index contributed by atoms with van der Waals surface area (Å²) in [6.07, 6.45) is 2.38. The third-order valence-electron chi connectivity index (χ3n) is 3.57. The lowest BCUT2D eigenvalue weighted by atomic mass is 9.64. The van der Waals surface area contributed by atoms with Gasteiger partial charge in [0.05, 0.1) is 6.10 Å². The van der Waals surface area contributed by atoms with E-state index in [1.165, 1.54) is 0 Å². The van der Waals surface area contributed by atoms with E-state index < -0.39 is 0 Å². The molecule has 0 amide bonds. The number of aromatic nitrogens is 1. The fourth-order valence-corrected chi connectivity index (χ4v) is 2.45. The number of aliphatic hydroxyl groups is 1. The van der Waals surface area contributed by atoms with E-state index in [2.05, 4.69) is 40.1 Å². The van der Waals surface area contributed by atoms with Crippen molar-refractivity contribution >= 4 is 21.7 Å². The smallest absolute Gasteiger partial charge is 0.129 e. The average Bonchev–Trinajstić information content (AvgIpc) is 2.21. The zero-order valence-corrected chi connectivity index (χ0v) is 11.4. The lowest BCUT2D eigenvalue weighted by Gasteiger charge is -2.49. The van der Waals surface area contributed by atoms with Crippen LogP contribution < -0.4 is 5.32 Å². The highest BCUT2D eigenvalue weighted by molar-refractivity contribution is 9.10. The summed E-state index contributed by atoms with van der Waals surface area (Å²) in [6.45, 7) is 6.18. The molecule has 0 aliphatic heterocycles. The number of nitrogens with zero attached hydrogens (tertiary/aromatic N) is 1. The van der Waals surface area contributed by atoms with Crippen LogP contribution in [0.2, 0.25) is 0 Å². The topological polar surface area (TPSA) is 45.2 Å². The summed E-state index contributed by atoms with van der Waals surface area (Å²) in [7, 11) is 0. The second kappa shape index (κ2) is 4.00. The van der Waals surface area contributed by atoms with E-state index >= 15 is 0 Å². The molecular weight excluding hydrogens is 268 g/mol. The summed E-state index contributed by atoms with van der Waals surface area (Å²) in [4.78, 5) is 4.35. The van der Waals surface area contributed by atoms with Gasteiger partial charge in [0.15, 0.2) is 0 Å². The molecule has 0 radical (unpaired) electrons. The first-order chi connectivity index (χ1) is 7.41. The van der Waals surface area contributed by atoms with Gasteiger partial charge in [-0.05, 0) is 40.9 Å². The number of rotatable bonds is 2. The molecule has 2 N–H and O–H groups in total. The molecule has 3 nitrogen and oxygen atoms in total.